The van der Waals surface area contributed by atoms with Gasteiger partial charge >= 0.3 is 5.97 Å². The summed E-state index contributed by atoms with van der Waals surface area (Å²) in [7, 11) is 0. The second kappa shape index (κ2) is 8.55. The molecule has 0 saturated heterocycles. The van der Waals surface area contributed by atoms with Crippen LogP contribution in [0.3, 0.4) is 0 Å². The molecule has 0 spiro atoms. The number of carbonyl (C=O) groups is 2. The summed E-state index contributed by atoms with van der Waals surface area (Å²) in [6.45, 7) is 3.62. The summed E-state index contributed by atoms with van der Waals surface area (Å²) >= 11 is 0. The van der Waals surface area contributed by atoms with E-state index in [-0.39, 0.29) is 18.3 Å². The minimum atomic E-state index is -0.786. The number of esters is 1. The molecule has 5 heteroatoms. The number of para-hydroxylation sites is 1. The Hall–Kier alpha value is -2.69. The zero-order chi connectivity index (χ0) is 20.1. The molecule has 0 heterocycles. The highest BCUT2D eigenvalue weighted by molar-refractivity contribution is 5.95. The average Bonchev–Trinajstić information content (AvgIpc) is 3.19. The molecule has 1 fully saturated rings. The van der Waals surface area contributed by atoms with Crippen LogP contribution in [0.2, 0.25) is 0 Å². The third-order valence-corrected chi connectivity index (χ3v) is 5.58. The Balaban J connectivity index is 1.68. The van der Waals surface area contributed by atoms with E-state index in [0.29, 0.717) is 12.8 Å². The standard InChI is InChI=1S/C23H26FNO3/c1-3-17-8-6-7-16(2)21(17)25-20(26)15-28-22(27)23(13-4-5-14-23)18-9-11-19(24)12-10-18/h6-12H,3-5,13-15H2,1-2H3,(H,25,26). The van der Waals surface area contributed by atoms with E-state index in [1.54, 1.807) is 12.1 Å². The summed E-state index contributed by atoms with van der Waals surface area (Å²) < 4.78 is 18.7. The van der Waals surface area contributed by atoms with Crippen LogP contribution in [-0.4, -0.2) is 18.5 Å². The summed E-state index contributed by atoms with van der Waals surface area (Å²) in [6, 6.07) is 11.9. The largest absolute Gasteiger partial charge is 0.455 e. The minimum Gasteiger partial charge on any atom is -0.455 e. The molecular weight excluding hydrogens is 357 g/mol. The van der Waals surface area contributed by atoms with Crippen molar-refractivity contribution in [3.63, 3.8) is 0 Å². The van der Waals surface area contributed by atoms with Gasteiger partial charge in [-0.25, -0.2) is 4.39 Å². The van der Waals surface area contributed by atoms with Gasteiger partial charge in [0.05, 0.1) is 5.41 Å². The van der Waals surface area contributed by atoms with Crippen LogP contribution in [0.4, 0.5) is 10.1 Å². The van der Waals surface area contributed by atoms with Gasteiger partial charge in [0.2, 0.25) is 0 Å². The maximum Gasteiger partial charge on any atom is 0.317 e. The zero-order valence-corrected chi connectivity index (χ0v) is 16.4. The van der Waals surface area contributed by atoms with E-state index in [0.717, 1.165) is 41.6 Å². The number of anilines is 1. The van der Waals surface area contributed by atoms with E-state index in [1.165, 1.54) is 12.1 Å². The second-order valence-electron chi connectivity index (χ2n) is 7.38. The van der Waals surface area contributed by atoms with Gasteiger partial charge < -0.3 is 10.1 Å². The first-order valence-corrected chi connectivity index (χ1v) is 9.78. The molecule has 4 nitrogen and oxygen atoms in total. The van der Waals surface area contributed by atoms with Crippen molar-refractivity contribution in [2.75, 3.05) is 11.9 Å². The lowest BCUT2D eigenvalue weighted by Crippen LogP contribution is -2.36. The molecule has 1 aliphatic rings. The van der Waals surface area contributed by atoms with E-state index in [9.17, 15) is 14.0 Å². The maximum atomic E-state index is 13.3. The highest BCUT2D eigenvalue weighted by Crippen LogP contribution is 2.42. The molecule has 0 bridgehead atoms. The summed E-state index contributed by atoms with van der Waals surface area (Å²) in [6.07, 6.45) is 3.90. The third-order valence-electron chi connectivity index (χ3n) is 5.58. The van der Waals surface area contributed by atoms with Gasteiger partial charge in [-0.15, -0.1) is 0 Å². The van der Waals surface area contributed by atoms with Crippen LogP contribution >= 0.6 is 0 Å². The lowest BCUT2D eigenvalue weighted by molar-refractivity contribution is -0.153. The zero-order valence-electron chi connectivity index (χ0n) is 16.4. The number of hydrogen-bond donors (Lipinski definition) is 1. The van der Waals surface area contributed by atoms with Crippen molar-refractivity contribution in [3.05, 3.63) is 65.0 Å². The van der Waals surface area contributed by atoms with Crippen LogP contribution in [0, 0.1) is 12.7 Å². The molecule has 28 heavy (non-hydrogen) atoms. The predicted molar refractivity (Wildman–Crippen MR) is 107 cm³/mol. The van der Waals surface area contributed by atoms with Gasteiger partial charge in [0.25, 0.3) is 5.91 Å². The molecule has 0 radical (unpaired) electrons. The van der Waals surface area contributed by atoms with E-state index < -0.39 is 11.4 Å². The Kier molecular flexibility index (Phi) is 6.12. The van der Waals surface area contributed by atoms with Gasteiger partial charge in [-0.3, -0.25) is 9.59 Å². The van der Waals surface area contributed by atoms with Gasteiger partial charge in [-0.2, -0.15) is 0 Å². The van der Waals surface area contributed by atoms with Crippen LogP contribution in [0.5, 0.6) is 0 Å². The molecule has 1 saturated carbocycles. The summed E-state index contributed by atoms with van der Waals surface area (Å²) in [4.78, 5) is 25.3. The molecule has 1 amide bonds. The van der Waals surface area contributed by atoms with Crippen molar-refractivity contribution in [1.82, 2.24) is 0 Å². The molecule has 1 aliphatic carbocycles. The van der Waals surface area contributed by atoms with Crippen molar-refractivity contribution in [1.29, 1.82) is 0 Å². The Morgan fingerprint density at radius 1 is 1.11 bits per heavy atom. The number of amides is 1. The minimum absolute atomic E-state index is 0.334. The smallest absolute Gasteiger partial charge is 0.317 e. The van der Waals surface area contributed by atoms with Crippen LogP contribution in [0.1, 0.15) is 49.3 Å². The number of ether oxygens (including phenoxy) is 1. The lowest BCUT2D eigenvalue weighted by atomic mass is 9.79. The molecule has 1 N–H and O–H groups in total. The third kappa shape index (κ3) is 4.08. The molecular formula is C23H26FNO3. The quantitative estimate of drug-likeness (QED) is 0.736. The van der Waals surface area contributed by atoms with Gasteiger partial charge in [0.1, 0.15) is 5.82 Å². The Labute approximate surface area is 165 Å². The van der Waals surface area contributed by atoms with Gasteiger partial charge in [0.15, 0.2) is 6.61 Å². The monoisotopic (exact) mass is 383 g/mol. The predicted octanol–water partition coefficient (Wildman–Crippen LogP) is 4.69. The first kappa shape index (κ1) is 20.1. The first-order chi connectivity index (χ1) is 13.5. The van der Waals surface area contributed by atoms with Crippen LogP contribution in [0.15, 0.2) is 42.5 Å². The van der Waals surface area contributed by atoms with Crippen molar-refractivity contribution >= 4 is 17.6 Å². The fourth-order valence-corrected chi connectivity index (χ4v) is 4.00. The molecule has 0 aromatic heterocycles. The summed E-state index contributed by atoms with van der Waals surface area (Å²) in [5, 5.41) is 2.87. The Bertz CT molecular complexity index is 855. The topological polar surface area (TPSA) is 55.4 Å². The first-order valence-electron chi connectivity index (χ1n) is 9.78. The van der Waals surface area contributed by atoms with E-state index in [2.05, 4.69) is 5.32 Å². The summed E-state index contributed by atoms with van der Waals surface area (Å²) in [5.74, 6) is -1.11. The van der Waals surface area contributed by atoms with E-state index >= 15 is 0 Å². The van der Waals surface area contributed by atoms with E-state index in [4.69, 9.17) is 4.74 Å². The summed E-state index contributed by atoms with van der Waals surface area (Å²) in [5.41, 5.74) is 2.76. The number of benzene rings is 2. The molecule has 2 aromatic carbocycles. The average molecular weight is 383 g/mol. The molecule has 0 unspecified atom stereocenters. The normalized spacial score (nSPS) is 15.2. The number of halogens is 1. The number of rotatable bonds is 6. The molecule has 0 atom stereocenters. The number of nitrogens with one attached hydrogen (secondary N) is 1. The maximum absolute atomic E-state index is 13.3. The van der Waals surface area contributed by atoms with Crippen molar-refractivity contribution < 1.29 is 18.7 Å². The van der Waals surface area contributed by atoms with Crippen LogP contribution in [0.25, 0.3) is 0 Å². The highest BCUT2D eigenvalue weighted by Gasteiger charge is 2.44. The highest BCUT2D eigenvalue weighted by atomic mass is 19.1. The fourth-order valence-electron chi connectivity index (χ4n) is 4.00. The van der Waals surface area contributed by atoms with Crippen LogP contribution < -0.4 is 5.32 Å². The molecule has 148 valence electrons. The second-order valence-corrected chi connectivity index (χ2v) is 7.38. The fraction of sp³-hybridized carbons (Fsp3) is 0.391. The molecule has 3 rings (SSSR count). The van der Waals surface area contributed by atoms with Gasteiger partial charge in [-0.1, -0.05) is 50.1 Å². The molecule has 2 aromatic rings. The van der Waals surface area contributed by atoms with Crippen LogP contribution in [-0.2, 0) is 26.2 Å². The number of carbonyl (C=O) groups excluding carboxylic acids is 2. The van der Waals surface area contributed by atoms with E-state index in [1.807, 2.05) is 32.0 Å². The Morgan fingerprint density at radius 2 is 1.79 bits per heavy atom. The number of aryl methyl sites for hydroxylation is 2. The van der Waals surface area contributed by atoms with Crippen molar-refractivity contribution in [2.24, 2.45) is 0 Å². The Morgan fingerprint density at radius 3 is 2.43 bits per heavy atom. The molecule has 0 aliphatic heterocycles. The van der Waals surface area contributed by atoms with Crippen molar-refractivity contribution in [3.8, 4) is 0 Å². The van der Waals surface area contributed by atoms with Crippen molar-refractivity contribution in [2.45, 2.75) is 51.4 Å². The number of hydrogen-bond acceptors (Lipinski definition) is 3. The van der Waals surface area contributed by atoms with Gasteiger partial charge in [-0.05, 0) is 55.0 Å². The van der Waals surface area contributed by atoms with Gasteiger partial charge in [0, 0.05) is 5.69 Å². The SMILES string of the molecule is CCc1cccc(C)c1NC(=O)COC(=O)C1(c2ccc(F)cc2)CCCC1. The lowest BCUT2D eigenvalue weighted by Gasteiger charge is -2.27.